The van der Waals surface area contributed by atoms with Gasteiger partial charge in [-0.25, -0.2) is 13.2 Å². The minimum atomic E-state index is -3.52. The van der Waals surface area contributed by atoms with E-state index in [1.807, 2.05) is 6.92 Å². The molecule has 0 saturated carbocycles. The van der Waals surface area contributed by atoms with E-state index >= 15 is 0 Å². The van der Waals surface area contributed by atoms with E-state index in [2.05, 4.69) is 5.32 Å². The van der Waals surface area contributed by atoms with Crippen molar-refractivity contribution >= 4 is 21.6 Å². The van der Waals surface area contributed by atoms with Crippen molar-refractivity contribution in [3.05, 3.63) is 35.2 Å². The summed E-state index contributed by atoms with van der Waals surface area (Å²) in [7, 11) is -3.52. The maximum atomic E-state index is 12.3. The Morgan fingerprint density at radius 1 is 1.30 bits per heavy atom. The number of rotatable bonds is 5. The summed E-state index contributed by atoms with van der Waals surface area (Å²) < 4.78 is 29.7. The number of hydrogen-bond donors (Lipinski definition) is 1. The van der Waals surface area contributed by atoms with Gasteiger partial charge in [0.25, 0.3) is 0 Å². The zero-order valence-corrected chi connectivity index (χ0v) is 15.2. The Kier molecular flexibility index (Phi) is 6.38. The molecule has 0 radical (unpaired) electrons. The van der Waals surface area contributed by atoms with Gasteiger partial charge in [0.15, 0.2) is 9.84 Å². The Bertz CT molecular complexity index is 685. The van der Waals surface area contributed by atoms with Crippen molar-refractivity contribution in [2.45, 2.75) is 58.0 Å². The summed E-state index contributed by atoms with van der Waals surface area (Å²) in [5.41, 5.74) is 0.557. The third kappa shape index (κ3) is 6.44. The molecule has 0 saturated heterocycles. The van der Waals surface area contributed by atoms with Gasteiger partial charge in [-0.2, -0.15) is 0 Å². The van der Waals surface area contributed by atoms with Gasteiger partial charge in [0.1, 0.15) is 5.60 Å². The van der Waals surface area contributed by atoms with Crippen molar-refractivity contribution in [2.24, 2.45) is 0 Å². The lowest BCUT2D eigenvalue weighted by Gasteiger charge is -2.20. The summed E-state index contributed by atoms with van der Waals surface area (Å²) in [6.45, 7) is 9.05. The number of carbonyl (C=O) groups excluding carboxylic acids is 1. The van der Waals surface area contributed by atoms with Crippen LogP contribution in [0.5, 0.6) is 0 Å². The lowest BCUT2D eigenvalue weighted by molar-refractivity contribution is 0.0635. The zero-order chi connectivity index (χ0) is 17.7. The fourth-order valence-electron chi connectivity index (χ4n) is 1.77. The van der Waals surface area contributed by atoms with E-state index in [9.17, 15) is 13.2 Å². The third-order valence-corrected chi connectivity index (χ3v) is 4.37. The molecule has 1 N–H and O–H groups in total. The fraction of sp³-hybridized carbons (Fsp3) is 0.471. The minimum absolute atomic E-state index is 0.140. The Labute approximate surface area is 138 Å². The van der Waals surface area contributed by atoms with Gasteiger partial charge in [0, 0.05) is 11.1 Å². The molecular weight excluding hydrogens is 314 g/mol. The van der Waals surface area contributed by atoms with Crippen LogP contribution in [0.25, 0.3) is 0 Å². The van der Waals surface area contributed by atoms with Crippen molar-refractivity contribution in [1.82, 2.24) is 0 Å². The van der Waals surface area contributed by atoms with E-state index in [4.69, 9.17) is 4.74 Å². The largest absolute Gasteiger partial charge is 0.444 e. The van der Waals surface area contributed by atoms with E-state index < -0.39 is 21.5 Å². The summed E-state index contributed by atoms with van der Waals surface area (Å²) in [6.07, 6.45) is 2.60. The van der Waals surface area contributed by atoms with Crippen LogP contribution in [0.4, 0.5) is 10.5 Å². The number of sulfone groups is 1. The van der Waals surface area contributed by atoms with Gasteiger partial charge in [-0.1, -0.05) is 25.5 Å². The normalized spacial score (nSPS) is 12.4. The highest BCUT2D eigenvalue weighted by Gasteiger charge is 2.18. The van der Waals surface area contributed by atoms with Crippen LogP contribution >= 0.6 is 0 Å². The maximum Gasteiger partial charge on any atom is 0.412 e. The molecule has 0 aliphatic heterocycles. The van der Waals surface area contributed by atoms with Gasteiger partial charge in [-0.05, 0) is 51.8 Å². The summed E-state index contributed by atoms with van der Waals surface area (Å²) in [5.74, 6) is 0. The zero-order valence-electron chi connectivity index (χ0n) is 14.3. The van der Waals surface area contributed by atoms with E-state index in [-0.39, 0.29) is 4.90 Å². The van der Waals surface area contributed by atoms with Gasteiger partial charge >= 0.3 is 6.09 Å². The molecular formula is C17H25NO4S. The highest BCUT2D eigenvalue weighted by molar-refractivity contribution is 7.94. The van der Waals surface area contributed by atoms with Gasteiger partial charge in [-0.3, -0.25) is 5.32 Å². The average molecular weight is 339 g/mol. The van der Waals surface area contributed by atoms with Crippen LogP contribution < -0.4 is 5.32 Å². The lowest BCUT2D eigenvalue weighted by atomic mass is 10.2. The van der Waals surface area contributed by atoms with Crippen molar-refractivity contribution < 1.29 is 17.9 Å². The summed E-state index contributed by atoms with van der Waals surface area (Å²) in [6, 6.07) is 4.64. The highest BCUT2D eigenvalue weighted by Crippen LogP contribution is 2.22. The maximum absolute atomic E-state index is 12.3. The fourth-order valence-corrected chi connectivity index (χ4v) is 2.85. The van der Waals surface area contributed by atoms with Crippen LogP contribution in [0.2, 0.25) is 0 Å². The first-order valence-electron chi connectivity index (χ1n) is 7.57. The first-order valence-corrected chi connectivity index (χ1v) is 9.12. The molecule has 0 bridgehead atoms. The summed E-state index contributed by atoms with van der Waals surface area (Å²) >= 11 is 0. The molecule has 0 unspecified atom stereocenters. The number of carbonyl (C=O) groups is 1. The Morgan fingerprint density at radius 2 is 1.96 bits per heavy atom. The van der Waals surface area contributed by atoms with Crippen molar-refractivity contribution in [3.63, 3.8) is 0 Å². The first kappa shape index (κ1) is 19.2. The minimum Gasteiger partial charge on any atom is -0.444 e. The van der Waals surface area contributed by atoms with Crippen LogP contribution in [0.1, 0.15) is 46.1 Å². The van der Waals surface area contributed by atoms with E-state index in [0.717, 1.165) is 12.0 Å². The molecule has 0 aliphatic carbocycles. The topological polar surface area (TPSA) is 72.5 Å². The van der Waals surface area contributed by atoms with E-state index in [1.54, 1.807) is 39.8 Å². The van der Waals surface area contributed by atoms with Gasteiger partial charge in [-0.15, -0.1) is 0 Å². The molecule has 128 valence electrons. The highest BCUT2D eigenvalue weighted by atomic mass is 32.2. The van der Waals surface area contributed by atoms with Gasteiger partial charge in [0.2, 0.25) is 0 Å². The number of aryl methyl sites for hydroxylation is 1. The first-order chi connectivity index (χ1) is 10.5. The summed E-state index contributed by atoms with van der Waals surface area (Å²) in [4.78, 5) is 12.0. The molecule has 1 aromatic carbocycles. The molecule has 1 amide bonds. The number of unbranched alkanes of at least 4 members (excludes halogenated alkanes) is 1. The SMILES string of the molecule is CCC/C=C/S(=O)(=O)c1ccc(C)c(NC(=O)OC(C)(C)C)c1. The number of hydrogen-bond acceptors (Lipinski definition) is 4. The second-order valence-corrected chi connectivity index (χ2v) is 8.14. The second-order valence-electron chi connectivity index (χ2n) is 6.31. The Morgan fingerprint density at radius 3 is 2.52 bits per heavy atom. The van der Waals surface area contributed by atoms with Crippen LogP contribution in [0.3, 0.4) is 0 Å². The smallest absolute Gasteiger partial charge is 0.412 e. The standard InChI is InChI=1S/C17H25NO4S/c1-6-7-8-11-23(20,21)14-10-9-13(2)15(12-14)18-16(19)22-17(3,4)5/h8-12H,6-7H2,1-5H3,(H,18,19)/b11-8+. The predicted molar refractivity (Wildman–Crippen MR) is 92.3 cm³/mol. The van der Waals surface area contributed by atoms with Crippen molar-refractivity contribution in [2.75, 3.05) is 5.32 Å². The third-order valence-electron chi connectivity index (χ3n) is 2.90. The average Bonchev–Trinajstić information content (AvgIpc) is 2.39. The monoisotopic (exact) mass is 339 g/mol. The van der Waals surface area contributed by atoms with Crippen molar-refractivity contribution in [3.8, 4) is 0 Å². The molecule has 23 heavy (non-hydrogen) atoms. The molecule has 1 rings (SSSR count). The molecule has 0 aliphatic rings. The van der Waals surface area contributed by atoms with Gasteiger partial charge < -0.3 is 4.74 Å². The second kappa shape index (κ2) is 7.64. The Balaban J connectivity index is 3.02. The number of nitrogens with one attached hydrogen (secondary N) is 1. The lowest BCUT2D eigenvalue weighted by Crippen LogP contribution is -2.27. The quantitative estimate of drug-likeness (QED) is 0.861. The molecule has 0 fully saturated rings. The summed E-state index contributed by atoms with van der Waals surface area (Å²) in [5, 5.41) is 3.80. The van der Waals surface area contributed by atoms with Crippen LogP contribution in [0.15, 0.2) is 34.6 Å². The molecule has 1 aromatic rings. The molecule has 0 spiro atoms. The molecule has 0 heterocycles. The molecule has 0 atom stereocenters. The van der Waals surface area contributed by atoms with E-state index in [0.29, 0.717) is 12.1 Å². The predicted octanol–water partition coefficient (Wildman–Crippen LogP) is 4.43. The number of allylic oxidation sites excluding steroid dienone is 1. The van der Waals surface area contributed by atoms with Crippen LogP contribution in [-0.2, 0) is 14.6 Å². The molecule has 0 aromatic heterocycles. The van der Waals surface area contributed by atoms with Gasteiger partial charge in [0.05, 0.1) is 4.90 Å². The number of anilines is 1. The van der Waals surface area contributed by atoms with Crippen LogP contribution in [-0.4, -0.2) is 20.1 Å². The molecule has 5 nitrogen and oxygen atoms in total. The van der Waals surface area contributed by atoms with Crippen molar-refractivity contribution in [1.29, 1.82) is 0 Å². The number of amides is 1. The Hall–Kier alpha value is -1.82. The van der Waals surface area contributed by atoms with Crippen LogP contribution in [0, 0.1) is 6.92 Å². The van der Waals surface area contributed by atoms with E-state index in [1.165, 1.54) is 17.5 Å². The number of ether oxygens (including phenoxy) is 1. The number of benzene rings is 1. The molecule has 6 heteroatoms.